The lowest BCUT2D eigenvalue weighted by Gasteiger charge is -2.23. The minimum atomic E-state index is -4.21. The lowest BCUT2D eigenvalue weighted by molar-refractivity contribution is 0.225. The van der Waals surface area contributed by atoms with Crippen molar-refractivity contribution in [1.82, 2.24) is 0 Å². The molecule has 0 heterocycles. The smallest absolute Gasteiger partial charge is 0.270 e. The first kappa shape index (κ1) is 11.8. The molecule has 0 radical (unpaired) electrons. The van der Waals surface area contributed by atoms with Crippen LogP contribution in [0.15, 0.2) is 0 Å². The molecule has 0 aromatic rings. The van der Waals surface area contributed by atoms with Gasteiger partial charge in [0.05, 0.1) is 4.75 Å². The third-order valence-corrected chi connectivity index (χ3v) is 3.56. The molecule has 0 fully saturated rings. The summed E-state index contributed by atoms with van der Waals surface area (Å²) in [5, 5.41) is 17.1. The minimum Gasteiger partial charge on any atom is -0.396 e. The lowest BCUT2D eigenvalue weighted by atomic mass is 10.0. The average molecular weight is 198 g/mol. The zero-order valence-corrected chi connectivity index (χ0v) is 7.71. The van der Waals surface area contributed by atoms with Crippen LogP contribution < -0.4 is 0 Å². The second kappa shape index (κ2) is 4.18. The van der Waals surface area contributed by atoms with Crippen molar-refractivity contribution in [2.24, 2.45) is 0 Å². The van der Waals surface area contributed by atoms with Crippen molar-refractivity contribution in [2.45, 2.75) is 24.5 Å². The molecule has 0 amide bonds. The Kier molecular flexibility index (Phi) is 4.12. The number of hydrogen-bond acceptors (Lipinski definition) is 4. The Bertz CT molecular complexity index is 214. The van der Waals surface area contributed by atoms with Crippen molar-refractivity contribution in [2.75, 3.05) is 13.2 Å². The second-order valence-electron chi connectivity index (χ2n) is 2.87. The van der Waals surface area contributed by atoms with Gasteiger partial charge in [-0.15, -0.1) is 0 Å². The minimum absolute atomic E-state index is 0.0770. The summed E-state index contributed by atoms with van der Waals surface area (Å²) in [7, 11) is -4.21. The fourth-order valence-electron chi connectivity index (χ4n) is 0.856. The Morgan fingerprint density at radius 1 is 1.17 bits per heavy atom. The van der Waals surface area contributed by atoms with E-state index in [9.17, 15) is 8.42 Å². The summed E-state index contributed by atoms with van der Waals surface area (Å²) in [6.45, 7) is 0.612. The average Bonchev–Trinajstić information content (AvgIpc) is 1.86. The highest BCUT2D eigenvalue weighted by Gasteiger charge is 2.36. The first-order valence-corrected chi connectivity index (χ1v) is 5.00. The Labute approximate surface area is 71.8 Å². The van der Waals surface area contributed by atoms with Gasteiger partial charge in [0, 0.05) is 13.2 Å². The van der Waals surface area contributed by atoms with E-state index < -0.39 is 14.9 Å². The zero-order chi connectivity index (χ0) is 9.83. The molecule has 0 atom stereocenters. The van der Waals surface area contributed by atoms with Gasteiger partial charge in [0.2, 0.25) is 0 Å². The molecule has 0 aliphatic carbocycles. The molecular weight excluding hydrogens is 184 g/mol. The quantitative estimate of drug-likeness (QED) is 0.513. The van der Waals surface area contributed by atoms with Gasteiger partial charge < -0.3 is 10.2 Å². The van der Waals surface area contributed by atoms with E-state index in [0.717, 1.165) is 0 Å². The lowest BCUT2D eigenvalue weighted by Crippen LogP contribution is -2.37. The van der Waals surface area contributed by atoms with Crippen molar-refractivity contribution < 1.29 is 23.2 Å². The third kappa shape index (κ3) is 2.71. The molecule has 5 nitrogen and oxygen atoms in total. The Morgan fingerprint density at radius 3 is 1.67 bits per heavy atom. The number of rotatable bonds is 5. The van der Waals surface area contributed by atoms with Gasteiger partial charge in [0.25, 0.3) is 10.1 Å². The van der Waals surface area contributed by atoms with E-state index in [1.54, 1.807) is 0 Å². The standard InChI is InChI=1S/C6H14O5S/c1-6(2-4-7,3-5-8)12(9,10)11/h7-8H,2-5H2,1H3,(H,9,10,11). The Morgan fingerprint density at radius 2 is 1.50 bits per heavy atom. The maximum absolute atomic E-state index is 10.8. The highest BCUT2D eigenvalue weighted by molar-refractivity contribution is 7.87. The van der Waals surface area contributed by atoms with Crippen LogP contribution in [0.1, 0.15) is 19.8 Å². The molecule has 0 aliphatic heterocycles. The van der Waals surface area contributed by atoms with Crippen molar-refractivity contribution in [3.63, 3.8) is 0 Å². The molecule has 0 bridgehead atoms. The molecule has 12 heavy (non-hydrogen) atoms. The van der Waals surface area contributed by atoms with Gasteiger partial charge in [0.1, 0.15) is 0 Å². The fraction of sp³-hybridized carbons (Fsp3) is 1.00. The fourth-order valence-corrected chi connectivity index (χ4v) is 1.55. The van der Waals surface area contributed by atoms with Crippen LogP contribution in [-0.2, 0) is 10.1 Å². The summed E-state index contributed by atoms with van der Waals surface area (Å²) in [5.41, 5.74) is 0. The molecular formula is C6H14O5S. The SMILES string of the molecule is CC(CCO)(CCO)S(=O)(=O)O. The number of aliphatic hydroxyl groups excluding tert-OH is 2. The van der Waals surface area contributed by atoms with E-state index in [1.165, 1.54) is 6.92 Å². The molecule has 0 unspecified atom stereocenters. The maximum atomic E-state index is 10.8. The van der Waals surface area contributed by atoms with Gasteiger partial charge in [-0.25, -0.2) is 0 Å². The topological polar surface area (TPSA) is 94.8 Å². The molecule has 6 heteroatoms. The Balaban J connectivity index is 4.62. The highest BCUT2D eigenvalue weighted by atomic mass is 32.2. The summed E-state index contributed by atoms with van der Waals surface area (Å²) in [6, 6.07) is 0. The van der Waals surface area contributed by atoms with Crippen molar-refractivity contribution in [3.05, 3.63) is 0 Å². The summed E-state index contributed by atoms with van der Waals surface area (Å²) < 4.78 is 28.8. The Hall–Kier alpha value is -0.170. The van der Waals surface area contributed by atoms with Crippen LogP contribution in [0.25, 0.3) is 0 Å². The van der Waals surface area contributed by atoms with Crippen LogP contribution in [-0.4, -0.2) is 41.1 Å². The van der Waals surface area contributed by atoms with E-state index in [2.05, 4.69) is 0 Å². The molecule has 0 aromatic carbocycles. The number of hydrogen-bond donors (Lipinski definition) is 3. The van der Waals surface area contributed by atoms with Crippen molar-refractivity contribution >= 4 is 10.1 Å². The molecule has 0 rings (SSSR count). The van der Waals surface area contributed by atoms with Crippen molar-refractivity contribution in [3.8, 4) is 0 Å². The summed E-state index contributed by atoms with van der Waals surface area (Å²) >= 11 is 0. The van der Waals surface area contributed by atoms with E-state index >= 15 is 0 Å². The van der Waals surface area contributed by atoms with Crippen molar-refractivity contribution in [1.29, 1.82) is 0 Å². The molecule has 0 aliphatic rings. The maximum Gasteiger partial charge on any atom is 0.270 e. The largest absolute Gasteiger partial charge is 0.396 e. The molecule has 0 aromatic heterocycles. The predicted octanol–water partition coefficient (Wildman–Crippen LogP) is -0.602. The summed E-state index contributed by atoms with van der Waals surface area (Å²) in [5.74, 6) is 0. The van der Waals surface area contributed by atoms with E-state index in [0.29, 0.717) is 0 Å². The monoisotopic (exact) mass is 198 g/mol. The van der Waals surface area contributed by atoms with Gasteiger partial charge in [-0.2, -0.15) is 8.42 Å². The molecule has 3 N–H and O–H groups in total. The van der Waals surface area contributed by atoms with Crippen LogP contribution in [0.2, 0.25) is 0 Å². The molecule has 0 spiro atoms. The number of aliphatic hydroxyl groups is 2. The highest BCUT2D eigenvalue weighted by Crippen LogP contribution is 2.23. The van der Waals surface area contributed by atoms with Crippen LogP contribution in [0.3, 0.4) is 0 Å². The van der Waals surface area contributed by atoms with Crippen LogP contribution in [0, 0.1) is 0 Å². The van der Waals surface area contributed by atoms with Crippen LogP contribution in [0.5, 0.6) is 0 Å². The van der Waals surface area contributed by atoms with E-state index in [4.69, 9.17) is 14.8 Å². The van der Waals surface area contributed by atoms with Gasteiger partial charge in [0.15, 0.2) is 0 Å². The van der Waals surface area contributed by atoms with Gasteiger partial charge in [-0.3, -0.25) is 4.55 Å². The summed E-state index contributed by atoms with van der Waals surface area (Å²) in [4.78, 5) is 0. The first-order chi connectivity index (χ1) is 5.37. The molecule has 0 saturated heterocycles. The van der Waals surface area contributed by atoms with Gasteiger partial charge >= 0.3 is 0 Å². The third-order valence-electron chi connectivity index (χ3n) is 1.90. The summed E-state index contributed by atoms with van der Waals surface area (Å²) in [6.07, 6.45) is -0.154. The van der Waals surface area contributed by atoms with Gasteiger partial charge in [-0.1, -0.05) is 0 Å². The zero-order valence-electron chi connectivity index (χ0n) is 6.89. The molecule has 0 saturated carbocycles. The van der Waals surface area contributed by atoms with E-state index in [-0.39, 0.29) is 26.1 Å². The normalized spacial score (nSPS) is 13.3. The van der Waals surface area contributed by atoms with Crippen LogP contribution in [0.4, 0.5) is 0 Å². The van der Waals surface area contributed by atoms with Crippen LogP contribution >= 0.6 is 0 Å². The van der Waals surface area contributed by atoms with Gasteiger partial charge in [-0.05, 0) is 19.8 Å². The predicted molar refractivity (Wildman–Crippen MR) is 43.4 cm³/mol. The van der Waals surface area contributed by atoms with E-state index in [1.807, 2.05) is 0 Å². The molecule has 74 valence electrons. The first-order valence-electron chi connectivity index (χ1n) is 3.56. The second-order valence-corrected chi connectivity index (χ2v) is 4.81.